The van der Waals surface area contributed by atoms with Crippen LogP contribution in [-0.4, -0.2) is 67.4 Å². The van der Waals surface area contributed by atoms with Gasteiger partial charge in [-0.15, -0.1) is 0 Å². The summed E-state index contributed by atoms with van der Waals surface area (Å²) in [7, 11) is 0. The summed E-state index contributed by atoms with van der Waals surface area (Å²) in [6.07, 6.45) is -5.93. The molecule has 0 aliphatic heterocycles. The van der Waals surface area contributed by atoms with E-state index in [1.165, 1.54) is 0 Å². The second-order valence-electron chi connectivity index (χ2n) is 5.66. The van der Waals surface area contributed by atoms with Crippen LogP contribution in [0.2, 0.25) is 0 Å². The average Bonchev–Trinajstić information content (AvgIpc) is 2.57. The van der Waals surface area contributed by atoms with E-state index < -0.39 is 67.4 Å². The second kappa shape index (κ2) is 12.9. The standard InChI is InChI=1S/C16H23N3O10/c1-8(20)25-7-14(27-10(3)22)16(29-12(5)24)15(28-11(4)23)13(6-18-19-17)26-9(2)21/h13-16H,6-7H2,1-5H3/t13-,14+,15+,16+/m0/s1. The van der Waals surface area contributed by atoms with Crippen LogP contribution in [-0.2, 0) is 47.7 Å². The molecule has 0 saturated heterocycles. The van der Waals surface area contributed by atoms with Gasteiger partial charge in [-0.3, -0.25) is 24.0 Å². The predicted octanol–water partition coefficient (Wildman–Crippen LogP) is 0.587. The Morgan fingerprint density at radius 2 is 1.14 bits per heavy atom. The van der Waals surface area contributed by atoms with Crippen LogP contribution in [0.1, 0.15) is 34.6 Å². The third-order valence-corrected chi connectivity index (χ3v) is 3.07. The lowest BCUT2D eigenvalue weighted by atomic mass is 10.0. The molecule has 0 amide bonds. The molecule has 0 unspecified atom stereocenters. The minimum Gasteiger partial charge on any atom is -0.462 e. The molecule has 0 aromatic heterocycles. The number of carbonyl (C=O) groups excluding carboxylic acids is 5. The van der Waals surface area contributed by atoms with Gasteiger partial charge in [0.15, 0.2) is 18.3 Å². The maximum Gasteiger partial charge on any atom is 0.303 e. The first-order chi connectivity index (χ1) is 13.5. The van der Waals surface area contributed by atoms with Gasteiger partial charge in [-0.1, -0.05) is 5.11 Å². The molecule has 4 atom stereocenters. The summed E-state index contributed by atoms with van der Waals surface area (Å²) >= 11 is 0. The summed E-state index contributed by atoms with van der Waals surface area (Å²) in [6, 6.07) is 0. The van der Waals surface area contributed by atoms with Crippen LogP contribution in [0.4, 0.5) is 0 Å². The van der Waals surface area contributed by atoms with Crippen molar-refractivity contribution in [3.05, 3.63) is 10.4 Å². The van der Waals surface area contributed by atoms with Gasteiger partial charge in [0.05, 0.1) is 6.54 Å². The van der Waals surface area contributed by atoms with Gasteiger partial charge in [-0.05, 0) is 5.53 Å². The molecule has 0 fully saturated rings. The Bertz CT molecular complexity index is 670. The molecular weight excluding hydrogens is 394 g/mol. The smallest absolute Gasteiger partial charge is 0.303 e. The van der Waals surface area contributed by atoms with Gasteiger partial charge in [0.1, 0.15) is 12.7 Å². The molecule has 0 bridgehead atoms. The van der Waals surface area contributed by atoms with E-state index in [0.717, 1.165) is 34.6 Å². The highest BCUT2D eigenvalue weighted by Gasteiger charge is 2.43. The van der Waals surface area contributed by atoms with Crippen molar-refractivity contribution >= 4 is 29.8 Å². The van der Waals surface area contributed by atoms with E-state index in [0.29, 0.717) is 0 Å². The number of ether oxygens (including phenoxy) is 5. The lowest BCUT2D eigenvalue weighted by Crippen LogP contribution is -2.53. The van der Waals surface area contributed by atoms with Crippen LogP contribution in [0, 0.1) is 0 Å². The van der Waals surface area contributed by atoms with E-state index in [1.54, 1.807) is 0 Å². The summed E-state index contributed by atoms with van der Waals surface area (Å²) in [5.74, 6) is -4.08. The molecule has 0 aromatic carbocycles. The van der Waals surface area contributed by atoms with Crippen LogP contribution in [0.25, 0.3) is 10.4 Å². The van der Waals surface area contributed by atoms with Crippen molar-refractivity contribution in [1.82, 2.24) is 0 Å². The van der Waals surface area contributed by atoms with E-state index in [-0.39, 0.29) is 0 Å². The zero-order chi connectivity index (χ0) is 22.6. The molecule has 0 N–H and O–H groups in total. The van der Waals surface area contributed by atoms with Crippen LogP contribution in [0.5, 0.6) is 0 Å². The summed E-state index contributed by atoms with van der Waals surface area (Å²) in [5, 5.41) is 3.29. The SMILES string of the molecule is CC(=O)OC[C@@H](OC(C)=O)[C@@H](OC(C)=O)[C@H](OC(C)=O)[C@H](CN=[N+]=[N-])OC(C)=O. The minimum atomic E-state index is -1.56. The highest BCUT2D eigenvalue weighted by atomic mass is 16.6. The van der Waals surface area contributed by atoms with Gasteiger partial charge in [0, 0.05) is 39.5 Å². The molecule has 0 aliphatic carbocycles. The van der Waals surface area contributed by atoms with Crippen LogP contribution < -0.4 is 0 Å². The Labute approximate surface area is 166 Å². The molecular formula is C16H23N3O10. The van der Waals surface area contributed by atoms with Gasteiger partial charge in [-0.2, -0.15) is 0 Å². The third kappa shape index (κ3) is 11.2. The van der Waals surface area contributed by atoms with Crippen molar-refractivity contribution in [2.24, 2.45) is 5.11 Å². The molecule has 0 spiro atoms. The number of hydrogen-bond donors (Lipinski definition) is 0. The molecule has 162 valence electrons. The lowest BCUT2D eigenvalue weighted by Gasteiger charge is -2.34. The van der Waals surface area contributed by atoms with Gasteiger partial charge in [0.25, 0.3) is 0 Å². The maximum absolute atomic E-state index is 11.6. The van der Waals surface area contributed by atoms with Crippen molar-refractivity contribution in [3.63, 3.8) is 0 Å². The zero-order valence-corrected chi connectivity index (χ0v) is 16.6. The first-order valence-corrected chi connectivity index (χ1v) is 8.31. The highest BCUT2D eigenvalue weighted by Crippen LogP contribution is 2.20. The average molecular weight is 417 g/mol. The fourth-order valence-corrected chi connectivity index (χ4v) is 2.24. The number of nitrogens with zero attached hydrogens (tertiary/aromatic N) is 3. The van der Waals surface area contributed by atoms with E-state index >= 15 is 0 Å². The van der Waals surface area contributed by atoms with Crippen molar-refractivity contribution in [2.75, 3.05) is 13.2 Å². The molecule has 0 heterocycles. The topological polar surface area (TPSA) is 180 Å². The van der Waals surface area contributed by atoms with Gasteiger partial charge in [-0.25, -0.2) is 0 Å². The predicted molar refractivity (Wildman–Crippen MR) is 92.9 cm³/mol. The number of esters is 5. The van der Waals surface area contributed by atoms with Crippen LogP contribution in [0.3, 0.4) is 0 Å². The van der Waals surface area contributed by atoms with Crippen LogP contribution >= 0.6 is 0 Å². The summed E-state index contributed by atoms with van der Waals surface area (Å²) in [6.45, 7) is 4.21. The molecule has 29 heavy (non-hydrogen) atoms. The quantitative estimate of drug-likeness (QED) is 0.152. The van der Waals surface area contributed by atoms with Gasteiger partial charge in [0.2, 0.25) is 0 Å². The van der Waals surface area contributed by atoms with E-state index in [2.05, 4.69) is 10.0 Å². The fraction of sp³-hybridized carbons (Fsp3) is 0.688. The number of carbonyl (C=O) groups is 5. The summed E-state index contributed by atoms with van der Waals surface area (Å²) in [4.78, 5) is 59.9. The Morgan fingerprint density at radius 3 is 1.52 bits per heavy atom. The van der Waals surface area contributed by atoms with Crippen molar-refractivity contribution in [2.45, 2.75) is 59.0 Å². The normalized spacial score (nSPS) is 14.1. The van der Waals surface area contributed by atoms with E-state index in [9.17, 15) is 24.0 Å². The third-order valence-electron chi connectivity index (χ3n) is 3.07. The first kappa shape index (κ1) is 25.7. The van der Waals surface area contributed by atoms with Gasteiger partial charge >= 0.3 is 29.8 Å². The molecule has 13 nitrogen and oxygen atoms in total. The maximum atomic E-state index is 11.6. The van der Waals surface area contributed by atoms with E-state index in [1.807, 2.05) is 0 Å². The molecule has 0 saturated carbocycles. The number of rotatable bonds is 11. The number of azide groups is 1. The fourth-order valence-electron chi connectivity index (χ4n) is 2.24. The Morgan fingerprint density at radius 1 is 0.724 bits per heavy atom. The minimum absolute atomic E-state index is 0.494. The summed E-state index contributed by atoms with van der Waals surface area (Å²) in [5.41, 5.74) is 8.57. The molecule has 0 aromatic rings. The second-order valence-corrected chi connectivity index (χ2v) is 5.66. The highest BCUT2D eigenvalue weighted by molar-refractivity contribution is 5.69. The zero-order valence-electron chi connectivity index (χ0n) is 16.6. The lowest BCUT2D eigenvalue weighted by molar-refractivity contribution is -0.201. The number of hydrogen-bond acceptors (Lipinski definition) is 11. The molecule has 13 heteroatoms. The Hall–Kier alpha value is -3.34. The molecule has 0 aliphatic rings. The largest absolute Gasteiger partial charge is 0.462 e. The first-order valence-electron chi connectivity index (χ1n) is 8.31. The molecule has 0 rings (SSSR count). The Kier molecular flexibility index (Phi) is 11.5. The summed E-state index contributed by atoms with van der Waals surface area (Å²) < 4.78 is 25.2. The van der Waals surface area contributed by atoms with E-state index in [4.69, 9.17) is 29.2 Å². The molecule has 0 radical (unpaired) electrons. The van der Waals surface area contributed by atoms with Crippen LogP contribution in [0.15, 0.2) is 5.11 Å². The van der Waals surface area contributed by atoms with Crippen molar-refractivity contribution < 1.29 is 47.7 Å². The van der Waals surface area contributed by atoms with Crippen molar-refractivity contribution in [1.29, 1.82) is 0 Å². The van der Waals surface area contributed by atoms with Gasteiger partial charge < -0.3 is 23.7 Å². The van der Waals surface area contributed by atoms with Crippen molar-refractivity contribution in [3.8, 4) is 0 Å². The monoisotopic (exact) mass is 417 g/mol. The Balaban J connectivity index is 6.20.